The summed E-state index contributed by atoms with van der Waals surface area (Å²) in [5, 5.41) is 0. The summed E-state index contributed by atoms with van der Waals surface area (Å²) in [6, 6.07) is 8.19. The summed E-state index contributed by atoms with van der Waals surface area (Å²) in [4.78, 5) is 6.48. The number of benzene rings is 1. The summed E-state index contributed by atoms with van der Waals surface area (Å²) in [5.41, 5.74) is 1.40. The quantitative estimate of drug-likeness (QED) is 0.794. The van der Waals surface area contributed by atoms with Gasteiger partial charge in [-0.05, 0) is 50.3 Å². The van der Waals surface area contributed by atoms with Crippen molar-refractivity contribution < 1.29 is 4.74 Å². The van der Waals surface area contributed by atoms with Crippen molar-refractivity contribution in [1.29, 1.82) is 0 Å². The lowest BCUT2D eigenvalue weighted by Gasteiger charge is -2.26. The number of rotatable bonds is 4. The van der Waals surface area contributed by atoms with Crippen LogP contribution in [0.2, 0.25) is 0 Å². The topological polar surface area (TPSA) is 15.7 Å². The predicted octanol–water partition coefficient (Wildman–Crippen LogP) is 3.09. The Hall–Kier alpha value is -0.710. The zero-order chi connectivity index (χ0) is 14.8. The van der Waals surface area contributed by atoms with Gasteiger partial charge in [0.2, 0.25) is 0 Å². The van der Waals surface area contributed by atoms with Crippen LogP contribution < -0.4 is 4.74 Å². The molecule has 0 saturated carbocycles. The smallest absolute Gasteiger partial charge is 0.132 e. The minimum absolute atomic E-state index is 0.760. The Kier molecular flexibility index (Phi) is 4.77. The summed E-state index contributed by atoms with van der Waals surface area (Å²) in [6.07, 6.45) is 6.20. The number of thioether (sulfide) groups is 1. The van der Waals surface area contributed by atoms with Crippen LogP contribution in [0.25, 0.3) is 0 Å². The lowest BCUT2D eigenvalue weighted by Crippen LogP contribution is -2.36. The molecule has 3 nitrogen and oxygen atoms in total. The molecule has 116 valence electrons. The van der Waals surface area contributed by atoms with Crippen molar-refractivity contribution in [2.75, 3.05) is 33.5 Å². The SMILES string of the molecule is COc1ccc(CN2CCC3CCC(C2)N3C)cc1SC. The number of methoxy groups -OCH3 is 1. The average molecular weight is 306 g/mol. The normalized spacial score (nSPS) is 26.8. The van der Waals surface area contributed by atoms with E-state index in [2.05, 4.69) is 41.3 Å². The van der Waals surface area contributed by atoms with Gasteiger partial charge in [-0.3, -0.25) is 9.80 Å². The highest BCUT2D eigenvalue weighted by atomic mass is 32.2. The second-order valence-electron chi connectivity index (χ2n) is 6.26. The van der Waals surface area contributed by atoms with E-state index in [9.17, 15) is 0 Å². The Balaban J connectivity index is 1.69. The number of nitrogens with zero attached hydrogens (tertiary/aromatic N) is 2. The molecule has 1 aromatic carbocycles. The zero-order valence-corrected chi connectivity index (χ0v) is 14.2. The number of likely N-dealkylation sites (N-methyl/N-ethyl adjacent to an activating group) is 1. The van der Waals surface area contributed by atoms with Crippen molar-refractivity contribution >= 4 is 11.8 Å². The van der Waals surface area contributed by atoms with Crippen LogP contribution in [0.1, 0.15) is 24.8 Å². The molecule has 21 heavy (non-hydrogen) atoms. The second kappa shape index (κ2) is 6.59. The van der Waals surface area contributed by atoms with Gasteiger partial charge >= 0.3 is 0 Å². The van der Waals surface area contributed by atoms with Crippen molar-refractivity contribution in [2.45, 2.75) is 42.8 Å². The molecule has 0 aliphatic carbocycles. The van der Waals surface area contributed by atoms with Crippen molar-refractivity contribution in [1.82, 2.24) is 9.80 Å². The van der Waals surface area contributed by atoms with E-state index in [0.29, 0.717) is 0 Å². The van der Waals surface area contributed by atoms with Crippen LogP contribution in [0.3, 0.4) is 0 Å². The summed E-state index contributed by atoms with van der Waals surface area (Å²) < 4.78 is 5.41. The molecule has 0 spiro atoms. The lowest BCUT2D eigenvalue weighted by molar-refractivity contribution is 0.214. The molecule has 2 unspecified atom stereocenters. The number of hydrogen-bond acceptors (Lipinski definition) is 4. The molecule has 0 radical (unpaired) electrons. The molecule has 2 atom stereocenters. The maximum absolute atomic E-state index is 5.41. The Morgan fingerprint density at radius 2 is 2.05 bits per heavy atom. The molecule has 2 saturated heterocycles. The Labute approximate surface area is 132 Å². The maximum Gasteiger partial charge on any atom is 0.132 e. The summed E-state index contributed by atoms with van der Waals surface area (Å²) in [7, 11) is 4.06. The highest BCUT2D eigenvalue weighted by Gasteiger charge is 2.34. The van der Waals surface area contributed by atoms with E-state index in [1.165, 1.54) is 42.8 Å². The van der Waals surface area contributed by atoms with Gasteiger partial charge in [-0.15, -0.1) is 11.8 Å². The van der Waals surface area contributed by atoms with Gasteiger partial charge in [-0.1, -0.05) is 6.07 Å². The van der Waals surface area contributed by atoms with E-state index in [1.807, 2.05) is 0 Å². The molecular formula is C17H26N2OS. The molecule has 0 N–H and O–H groups in total. The van der Waals surface area contributed by atoms with Gasteiger partial charge in [-0.2, -0.15) is 0 Å². The van der Waals surface area contributed by atoms with Crippen LogP contribution in [0, 0.1) is 0 Å². The summed E-state index contributed by atoms with van der Waals surface area (Å²) in [6.45, 7) is 3.51. The monoisotopic (exact) mass is 306 g/mol. The zero-order valence-electron chi connectivity index (χ0n) is 13.3. The van der Waals surface area contributed by atoms with Gasteiger partial charge in [0.15, 0.2) is 0 Å². The van der Waals surface area contributed by atoms with Crippen LogP contribution >= 0.6 is 11.8 Å². The van der Waals surface area contributed by atoms with Crippen molar-refractivity contribution in [3.05, 3.63) is 23.8 Å². The largest absolute Gasteiger partial charge is 0.496 e. The maximum atomic E-state index is 5.41. The van der Waals surface area contributed by atoms with E-state index in [4.69, 9.17) is 4.74 Å². The molecule has 2 fully saturated rings. The molecule has 2 bridgehead atoms. The van der Waals surface area contributed by atoms with Gasteiger partial charge in [0.25, 0.3) is 0 Å². The van der Waals surface area contributed by atoms with E-state index in [1.54, 1.807) is 18.9 Å². The van der Waals surface area contributed by atoms with E-state index in [-0.39, 0.29) is 0 Å². The van der Waals surface area contributed by atoms with Crippen molar-refractivity contribution in [3.63, 3.8) is 0 Å². The number of likely N-dealkylation sites (tertiary alicyclic amines) is 1. The molecule has 0 amide bonds. The average Bonchev–Trinajstić information content (AvgIpc) is 2.75. The third-order valence-corrected chi connectivity index (χ3v) is 5.85. The standard InChI is InChI=1S/C17H26N2OS/c1-18-14-5-6-15(18)12-19(9-8-14)11-13-4-7-16(20-2)17(10-13)21-3/h4,7,10,14-15H,5-6,8-9,11-12H2,1-3H3. The first-order chi connectivity index (χ1) is 10.2. The van der Waals surface area contributed by atoms with Crippen LogP contribution in [-0.2, 0) is 6.54 Å². The number of fused-ring (bicyclic) bond motifs is 2. The predicted molar refractivity (Wildman–Crippen MR) is 89.2 cm³/mol. The molecule has 2 aliphatic rings. The van der Waals surface area contributed by atoms with Crippen LogP contribution in [0.15, 0.2) is 23.1 Å². The highest BCUT2D eigenvalue weighted by molar-refractivity contribution is 7.98. The molecule has 4 heteroatoms. The van der Waals surface area contributed by atoms with E-state index in [0.717, 1.165) is 24.4 Å². The Morgan fingerprint density at radius 1 is 1.24 bits per heavy atom. The summed E-state index contributed by atoms with van der Waals surface area (Å²) in [5.74, 6) is 0.987. The van der Waals surface area contributed by atoms with Gasteiger partial charge in [-0.25, -0.2) is 0 Å². The third-order valence-electron chi connectivity index (χ3n) is 5.09. The van der Waals surface area contributed by atoms with Crippen molar-refractivity contribution in [2.24, 2.45) is 0 Å². The first-order valence-electron chi connectivity index (χ1n) is 7.86. The molecule has 2 heterocycles. The molecule has 1 aromatic rings. The summed E-state index contributed by atoms with van der Waals surface area (Å²) >= 11 is 1.76. The molecular weight excluding hydrogens is 280 g/mol. The van der Waals surface area contributed by atoms with Gasteiger partial charge < -0.3 is 4.74 Å². The van der Waals surface area contributed by atoms with E-state index >= 15 is 0 Å². The molecule has 0 aromatic heterocycles. The fraction of sp³-hybridized carbons (Fsp3) is 0.647. The van der Waals surface area contributed by atoms with Crippen molar-refractivity contribution in [3.8, 4) is 5.75 Å². The van der Waals surface area contributed by atoms with Gasteiger partial charge in [0, 0.05) is 36.6 Å². The minimum atomic E-state index is 0.760. The number of hydrogen-bond donors (Lipinski definition) is 0. The van der Waals surface area contributed by atoms with Gasteiger partial charge in [0.1, 0.15) is 5.75 Å². The fourth-order valence-electron chi connectivity index (χ4n) is 3.76. The second-order valence-corrected chi connectivity index (χ2v) is 7.11. The lowest BCUT2D eigenvalue weighted by atomic mass is 10.1. The minimum Gasteiger partial charge on any atom is -0.496 e. The first kappa shape index (κ1) is 15.2. The van der Waals surface area contributed by atoms with Crippen LogP contribution in [0.5, 0.6) is 5.75 Å². The number of ether oxygens (including phenoxy) is 1. The third kappa shape index (κ3) is 3.22. The molecule has 3 rings (SSSR count). The highest BCUT2D eigenvalue weighted by Crippen LogP contribution is 2.31. The van der Waals surface area contributed by atoms with E-state index < -0.39 is 0 Å². The van der Waals surface area contributed by atoms with Crippen LogP contribution in [-0.4, -0.2) is 55.4 Å². The first-order valence-corrected chi connectivity index (χ1v) is 9.09. The van der Waals surface area contributed by atoms with Gasteiger partial charge in [0.05, 0.1) is 7.11 Å². The Bertz CT molecular complexity index is 494. The fourth-order valence-corrected chi connectivity index (χ4v) is 4.38. The Morgan fingerprint density at radius 3 is 2.81 bits per heavy atom. The molecule has 2 aliphatic heterocycles. The van der Waals surface area contributed by atoms with Crippen LogP contribution in [0.4, 0.5) is 0 Å².